The summed E-state index contributed by atoms with van der Waals surface area (Å²) >= 11 is 0. The van der Waals surface area contributed by atoms with Gasteiger partial charge < -0.3 is 10.2 Å². The first kappa shape index (κ1) is 17.0. The predicted octanol–water partition coefficient (Wildman–Crippen LogP) is 1.07. The van der Waals surface area contributed by atoms with Crippen molar-refractivity contribution in [2.75, 3.05) is 37.0 Å². The van der Waals surface area contributed by atoms with Gasteiger partial charge in [0.2, 0.25) is 0 Å². The van der Waals surface area contributed by atoms with Crippen molar-refractivity contribution in [1.29, 1.82) is 0 Å². The summed E-state index contributed by atoms with van der Waals surface area (Å²) in [4.78, 5) is 2.33. The fourth-order valence-electron chi connectivity index (χ4n) is 2.12. The maximum absolute atomic E-state index is 11.2. The fourth-order valence-corrected chi connectivity index (χ4v) is 3.12. The number of likely N-dealkylation sites (N-methyl/N-ethyl adjacent to an activating group) is 1. The number of nitrogens with zero attached hydrogens (tertiary/aromatic N) is 3. The van der Waals surface area contributed by atoms with Gasteiger partial charge >= 0.3 is 0 Å². The summed E-state index contributed by atoms with van der Waals surface area (Å²) in [6.45, 7) is 10.0. The Kier molecular flexibility index (Phi) is 6.48. The largest absolute Gasteiger partial charge is 0.379 e. The third-order valence-electron chi connectivity index (χ3n) is 3.14. The highest BCUT2D eigenvalue weighted by molar-refractivity contribution is 7.90. The molecule has 0 fully saturated rings. The summed E-state index contributed by atoms with van der Waals surface area (Å²) in [5.74, 6) is 0.123. The SMILES string of the molecule is CCN(CC)CCn1cc(NC(C)CS(C)(=O)=O)cn1. The highest BCUT2D eigenvalue weighted by Gasteiger charge is 2.11. The van der Waals surface area contributed by atoms with Crippen LogP contribution in [0.15, 0.2) is 12.4 Å². The van der Waals surface area contributed by atoms with Gasteiger partial charge in [0.25, 0.3) is 0 Å². The number of aromatic nitrogens is 2. The second-order valence-corrected chi connectivity index (χ2v) is 7.34. The monoisotopic (exact) mass is 302 g/mol. The van der Waals surface area contributed by atoms with Gasteiger partial charge in [-0.3, -0.25) is 4.68 Å². The third-order valence-corrected chi connectivity index (χ3v) is 4.24. The van der Waals surface area contributed by atoms with Crippen LogP contribution in [-0.4, -0.2) is 60.8 Å². The Balaban J connectivity index is 2.47. The Morgan fingerprint density at radius 1 is 1.40 bits per heavy atom. The molecular formula is C13H26N4O2S. The van der Waals surface area contributed by atoms with Gasteiger partial charge in [-0.05, 0) is 20.0 Å². The highest BCUT2D eigenvalue weighted by atomic mass is 32.2. The molecule has 116 valence electrons. The molecule has 1 rings (SSSR count). The van der Waals surface area contributed by atoms with Gasteiger partial charge in [-0.25, -0.2) is 8.42 Å². The van der Waals surface area contributed by atoms with Gasteiger partial charge in [0.15, 0.2) is 0 Å². The molecule has 1 aromatic rings. The van der Waals surface area contributed by atoms with Crippen molar-refractivity contribution in [3.8, 4) is 0 Å². The normalized spacial score (nSPS) is 13.7. The molecule has 1 unspecified atom stereocenters. The summed E-state index contributed by atoms with van der Waals surface area (Å²) in [7, 11) is -2.96. The van der Waals surface area contributed by atoms with E-state index in [1.807, 2.05) is 17.8 Å². The zero-order chi connectivity index (χ0) is 15.2. The van der Waals surface area contributed by atoms with Crippen LogP contribution >= 0.6 is 0 Å². The second kappa shape index (κ2) is 7.64. The molecular weight excluding hydrogens is 276 g/mol. The van der Waals surface area contributed by atoms with E-state index >= 15 is 0 Å². The van der Waals surface area contributed by atoms with Gasteiger partial charge in [0, 0.05) is 25.0 Å². The Morgan fingerprint density at radius 2 is 2.05 bits per heavy atom. The molecule has 0 bridgehead atoms. The molecule has 0 amide bonds. The van der Waals surface area contributed by atoms with Crippen LogP contribution < -0.4 is 5.32 Å². The van der Waals surface area contributed by atoms with Crippen molar-refractivity contribution < 1.29 is 8.42 Å². The summed E-state index contributed by atoms with van der Waals surface area (Å²) < 4.78 is 24.3. The molecule has 0 radical (unpaired) electrons. The zero-order valence-electron chi connectivity index (χ0n) is 12.8. The van der Waals surface area contributed by atoms with Crippen LogP contribution in [0.4, 0.5) is 5.69 Å². The molecule has 0 aromatic carbocycles. The van der Waals surface area contributed by atoms with Gasteiger partial charge in [0.05, 0.1) is 24.2 Å². The molecule has 1 heterocycles. The summed E-state index contributed by atoms with van der Waals surface area (Å²) in [6.07, 6.45) is 4.90. The van der Waals surface area contributed by atoms with E-state index in [1.54, 1.807) is 6.20 Å². The predicted molar refractivity (Wildman–Crippen MR) is 82.8 cm³/mol. The topological polar surface area (TPSA) is 67.2 Å². The molecule has 1 atom stereocenters. The molecule has 0 aliphatic heterocycles. The lowest BCUT2D eigenvalue weighted by Gasteiger charge is -2.17. The number of hydrogen-bond donors (Lipinski definition) is 1. The van der Waals surface area contributed by atoms with E-state index in [2.05, 4.69) is 29.2 Å². The summed E-state index contributed by atoms with van der Waals surface area (Å²) in [5, 5.41) is 7.44. The first-order valence-electron chi connectivity index (χ1n) is 7.03. The van der Waals surface area contributed by atoms with Gasteiger partial charge in [-0.15, -0.1) is 0 Å². The fraction of sp³-hybridized carbons (Fsp3) is 0.769. The van der Waals surface area contributed by atoms with Crippen LogP contribution in [0.1, 0.15) is 20.8 Å². The highest BCUT2D eigenvalue weighted by Crippen LogP contribution is 2.08. The smallest absolute Gasteiger partial charge is 0.149 e. The minimum Gasteiger partial charge on any atom is -0.379 e. The van der Waals surface area contributed by atoms with E-state index in [0.717, 1.165) is 31.9 Å². The molecule has 0 spiro atoms. The van der Waals surface area contributed by atoms with Crippen LogP contribution in [-0.2, 0) is 16.4 Å². The molecule has 7 heteroatoms. The van der Waals surface area contributed by atoms with E-state index in [1.165, 1.54) is 6.26 Å². The number of rotatable bonds is 9. The van der Waals surface area contributed by atoms with Gasteiger partial charge in [-0.1, -0.05) is 13.8 Å². The van der Waals surface area contributed by atoms with Crippen molar-refractivity contribution in [3.05, 3.63) is 12.4 Å². The van der Waals surface area contributed by atoms with Crippen LogP contribution in [0, 0.1) is 0 Å². The average Bonchev–Trinajstić information content (AvgIpc) is 2.75. The van der Waals surface area contributed by atoms with Crippen molar-refractivity contribution in [1.82, 2.24) is 14.7 Å². The van der Waals surface area contributed by atoms with Crippen molar-refractivity contribution in [3.63, 3.8) is 0 Å². The Morgan fingerprint density at radius 3 is 2.60 bits per heavy atom. The van der Waals surface area contributed by atoms with E-state index in [4.69, 9.17) is 0 Å². The van der Waals surface area contributed by atoms with Crippen molar-refractivity contribution in [2.24, 2.45) is 0 Å². The maximum Gasteiger partial charge on any atom is 0.149 e. The van der Waals surface area contributed by atoms with Gasteiger partial charge in [0.1, 0.15) is 9.84 Å². The second-order valence-electron chi connectivity index (χ2n) is 5.16. The van der Waals surface area contributed by atoms with Crippen molar-refractivity contribution in [2.45, 2.75) is 33.4 Å². The van der Waals surface area contributed by atoms with Crippen LogP contribution in [0.25, 0.3) is 0 Å². The molecule has 20 heavy (non-hydrogen) atoms. The minimum atomic E-state index is -2.96. The Hall–Kier alpha value is -1.08. The van der Waals surface area contributed by atoms with Crippen molar-refractivity contribution >= 4 is 15.5 Å². The minimum absolute atomic E-state index is 0.120. The summed E-state index contributed by atoms with van der Waals surface area (Å²) in [5.41, 5.74) is 0.862. The van der Waals surface area contributed by atoms with E-state index in [9.17, 15) is 8.42 Å². The van der Waals surface area contributed by atoms with Crippen LogP contribution in [0.3, 0.4) is 0 Å². The number of nitrogens with one attached hydrogen (secondary N) is 1. The van der Waals surface area contributed by atoms with E-state index in [0.29, 0.717) is 0 Å². The average molecular weight is 302 g/mol. The standard InChI is InChI=1S/C13H26N4O2S/c1-5-16(6-2)7-8-17-10-13(9-14-17)15-12(3)11-20(4,18)19/h9-10,12,15H,5-8,11H2,1-4H3. The molecule has 0 aliphatic carbocycles. The van der Waals surface area contributed by atoms with E-state index < -0.39 is 9.84 Å². The first-order chi connectivity index (χ1) is 9.34. The Labute approximate surface area is 122 Å². The lowest BCUT2D eigenvalue weighted by atomic mass is 10.4. The summed E-state index contributed by atoms with van der Waals surface area (Å²) in [6, 6.07) is -0.120. The quantitative estimate of drug-likeness (QED) is 0.739. The number of anilines is 1. The lowest BCUT2D eigenvalue weighted by Crippen LogP contribution is -2.27. The van der Waals surface area contributed by atoms with Crippen LogP contribution in [0.2, 0.25) is 0 Å². The first-order valence-corrected chi connectivity index (χ1v) is 9.09. The third kappa shape index (κ3) is 6.38. The molecule has 6 nitrogen and oxygen atoms in total. The van der Waals surface area contributed by atoms with E-state index in [-0.39, 0.29) is 11.8 Å². The van der Waals surface area contributed by atoms with Gasteiger partial charge in [-0.2, -0.15) is 5.10 Å². The maximum atomic E-state index is 11.2. The molecule has 0 saturated heterocycles. The molecule has 1 N–H and O–H groups in total. The molecule has 0 aliphatic rings. The number of sulfone groups is 1. The molecule has 1 aromatic heterocycles. The molecule has 0 saturated carbocycles. The zero-order valence-corrected chi connectivity index (χ0v) is 13.7. The Bertz CT molecular complexity index is 494. The lowest BCUT2D eigenvalue weighted by molar-refractivity contribution is 0.285. The van der Waals surface area contributed by atoms with Crippen LogP contribution in [0.5, 0.6) is 0 Å². The number of hydrogen-bond acceptors (Lipinski definition) is 5.